The molecule has 0 aromatic heterocycles. The molecule has 2 rings (SSSR count). The van der Waals surface area contributed by atoms with Gasteiger partial charge in [0.15, 0.2) is 5.96 Å². The molecule has 5 nitrogen and oxygen atoms in total. The SMILES string of the molecule is Cl.NCc1ccccc1-c1cccc(C(=O)N=C(N)N)c1. The molecule has 1 amide bonds. The molecule has 0 saturated carbocycles. The number of aliphatic imine (C=N–C) groups is 1. The van der Waals surface area contributed by atoms with Crippen LogP contribution >= 0.6 is 12.4 Å². The first kappa shape index (κ1) is 16.7. The summed E-state index contributed by atoms with van der Waals surface area (Å²) in [6.07, 6.45) is 0. The number of rotatable bonds is 3. The minimum Gasteiger partial charge on any atom is -0.370 e. The number of hydrogen-bond donors (Lipinski definition) is 3. The zero-order chi connectivity index (χ0) is 14.5. The Morgan fingerprint density at radius 1 is 1.05 bits per heavy atom. The van der Waals surface area contributed by atoms with E-state index >= 15 is 0 Å². The van der Waals surface area contributed by atoms with Gasteiger partial charge in [-0.1, -0.05) is 36.4 Å². The van der Waals surface area contributed by atoms with Crippen LogP contribution in [-0.4, -0.2) is 11.9 Å². The first-order valence-electron chi connectivity index (χ1n) is 6.14. The smallest absolute Gasteiger partial charge is 0.280 e. The third kappa shape index (κ3) is 4.05. The summed E-state index contributed by atoms with van der Waals surface area (Å²) in [7, 11) is 0. The summed E-state index contributed by atoms with van der Waals surface area (Å²) in [5.41, 5.74) is 19.5. The third-order valence-corrected chi connectivity index (χ3v) is 2.89. The Hall–Kier alpha value is -2.37. The fourth-order valence-electron chi connectivity index (χ4n) is 1.98. The highest BCUT2D eigenvalue weighted by molar-refractivity contribution is 6.02. The lowest BCUT2D eigenvalue weighted by Gasteiger charge is -2.08. The second-order valence-electron chi connectivity index (χ2n) is 4.28. The van der Waals surface area contributed by atoms with Gasteiger partial charge in [0.2, 0.25) is 0 Å². The van der Waals surface area contributed by atoms with Gasteiger partial charge in [0.1, 0.15) is 0 Å². The molecule has 0 atom stereocenters. The highest BCUT2D eigenvalue weighted by Crippen LogP contribution is 2.24. The average molecular weight is 305 g/mol. The zero-order valence-electron chi connectivity index (χ0n) is 11.3. The molecule has 0 unspecified atom stereocenters. The van der Waals surface area contributed by atoms with Crippen molar-refractivity contribution in [1.29, 1.82) is 0 Å². The maximum Gasteiger partial charge on any atom is 0.280 e. The van der Waals surface area contributed by atoms with Crippen LogP contribution in [0.5, 0.6) is 0 Å². The van der Waals surface area contributed by atoms with Crippen LogP contribution in [0.3, 0.4) is 0 Å². The maximum absolute atomic E-state index is 11.8. The van der Waals surface area contributed by atoms with E-state index in [0.29, 0.717) is 12.1 Å². The first-order valence-corrected chi connectivity index (χ1v) is 6.14. The summed E-state index contributed by atoms with van der Waals surface area (Å²) in [6.45, 7) is 0.433. The molecule has 0 aliphatic rings. The van der Waals surface area contributed by atoms with Gasteiger partial charge >= 0.3 is 0 Å². The van der Waals surface area contributed by atoms with Gasteiger partial charge in [-0.15, -0.1) is 12.4 Å². The van der Waals surface area contributed by atoms with Crippen LogP contribution in [0.1, 0.15) is 15.9 Å². The standard InChI is InChI=1S/C15H16N4O.ClH/c16-9-12-4-1-2-7-13(12)10-5-3-6-11(8-10)14(20)19-15(17)18;/h1-8H,9,16H2,(H4,17,18,19,20);1H. The van der Waals surface area contributed by atoms with Gasteiger partial charge in [-0.25, -0.2) is 0 Å². The van der Waals surface area contributed by atoms with Gasteiger partial charge in [-0.3, -0.25) is 4.79 Å². The van der Waals surface area contributed by atoms with E-state index in [-0.39, 0.29) is 18.4 Å². The summed E-state index contributed by atoms with van der Waals surface area (Å²) >= 11 is 0. The molecule has 110 valence electrons. The number of benzene rings is 2. The van der Waals surface area contributed by atoms with E-state index in [0.717, 1.165) is 16.7 Å². The van der Waals surface area contributed by atoms with Gasteiger partial charge in [-0.2, -0.15) is 4.99 Å². The van der Waals surface area contributed by atoms with Crippen LogP contribution in [-0.2, 0) is 6.54 Å². The number of nitrogens with two attached hydrogens (primary N) is 3. The van der Waals surface area contributed by atoms with E-state index in [2.05, 4.69) is 4.99 Å². The second-order valence-corrected chi connectivity index (χ2v) is 4.28. The molecule has 6 heteroatoms. The quantitative estimate of drug-likeness (QED) is 0.592. The Balaban J connectivity index is 0.00000220. The van der Waals surface area contributed by atoms with Crippen LogP contribution < -0.4 is 17.2 Å². The van der Waals surface area contributed by atoms with Crippen molar-refractivity contribution in [2.75, 3.05) is 0 Å². The molecule has 0 fully saturated rings. The van der Waals surface area contributed by atoms with E-state index in [4.69, 9.17) is 17.2 Å². The molecule has 0 saturated heterocycles. The number of carbonyl (C=O) groups is 1. The molecule has 0 spiro atoms. The monoisotopic (exact) mass is 304 g/mol. The van der Waals surface area contributed by atoms with E-state index in [1.54, 1.807) is 18.2 Å². The van der Waals surface area contributed by atoms with Gasteiger partial charge in [0.05, 0.1) is 0 Å². The summed E-state index contributed by atoms with van der Waals surface area (Å²) in [5.74, 6) is -0.708. The lowest BCUT2D eigenvalue weighted by atomic mass is 9.98. The lowest BCUT2D eigenvalue weighted by Crippen LogP contribution is -2.24. The van der Waals surface area contributed by atoms with Gasteiger partial charge in [0, 0.05) is 12.1 Å². The number of amides is 1. The number of nitrogens with zero attached hydrogens (tertiary/aromatic N) is 1. The summed E-state index contributed by atoms with van der Waals surface area (Å²) in [4.78, 5) is 15.4. The predicted octanol–water partition coefficient (Wildman–Crippen LogP) is 1.65. The van der Waals surface area contributed by atoms with Crippen LogP contribution in [0.25, 0.3) is 11.1 Å². The maximum atomic E-state index is 11.8. The molecule has 0 bridgehead atoms. The highest BCUT2D eigenvalue weighted by Gasteiger charge is 2.08. The fourth-order valence-corrected chi connectivity index (χ4v) is 1.98. The largest absolute Gasteiger partial charge is 0.370 e. The van der Waals surface area contributed by atoms with Crippen LogP contribution in [0.2, 0.25) is 0 Å². The number of carbonyl (C=O) groups excluding carboxylic acids is 1. The number of hydrogen-bond acceptors (Lipinski definition) is 2. The van der Waals surface area contributed by atoms with E-state index in [9.17, 15) is 4.79 Å². The molecule has 0 heterocycles. The molecule has 6 N–H and O–H groups in total. The summed E-state index contributed by atoms with van der Waals surface area (Å²) in [6, 6.07) is 14.9. The Labute approximate surface area is 129 Å². The second kappa shape index (κ2) is 7.42. The van der Waals surface area contributed by atoms with E-state index in [1.165, 1.54) is 0 Å². The van der Waals surface area contributed by atoms with Gasteiger partial charge < -0.3 is 17.2 Å². The van der Waals surface area contributed by atoms with Crippen LogP contribution in [0, 0.1) is 0 Å². The number of guanidine groups is 1. The van der Waals surface area contributed by atoms with Crippen molar-refractivity contribution in [1.82, 2.24) is 0 Å². The Kier molecular flexibility index (Phi) is 5.90. The Bertz CT molecular complexity index is 666. The van der Waals surface area contributed by atoms with Crippen molar-refractivity contribution in [2.24, 2.45) is 22.2 Å². The van der Waals surface area contributed by atoms with Crippen molar-refractivity contribution in [2.45, 2.75) is 6.54 Å². The molecule has 0 radical (unpaired) electrons. The molecule has 21 heavy (non-hydrogen) atoms. The minimum atomic E-state index is -0.461. The third-order valence-electron chi connectivity index (χ3n) is 2.89. The van der Waals surface area contributed by atoms with Crippen molar-refractivity contribution in [3.05, 3.63) is 59.7 Å². The first-order chi connectivity index (χ1) is 9.61. The fraction of sp³-hybridized carbons (Fsp3) is 0.0667. The Morgan fingerprint density at radius 2 is 1.76 bits per heavy atom. The topological polar surface area (TPSA) is 107 Å². The highest BCUT2D eigenvalue weighted by atomic mass is 35.5. The van der Waals surface area contributed by atoms with Crippen LogP contribution in [0.15, 0.2) is 53.5 Å². The normalized spacial score (nSPS) is 9.57. The molecule has 2 aromatic rings. The predicted molar refractivity (Wildman–Crippen MR) is 87.2 cm³/mol. The Morgan fingerprint density at radius 3 is 2.43 bits per heavy atom. The van der Waals surface area contributed by atoms with E-state index < -0.39 is 5.91 Å². The summed E-state index contributed by atoms with van der Waals surface area (Å²) < 4.78 is 0. The summed E-state index contributed by atoms with van der Waals surface area (Å²) in [5, 5.41) is 0. The lowest BCUT2D eigenvalue weighted by molar-refractivity contribution is 0.100. The molecule has 2 aromatic carbocycles. The molecular weight excluding hydrogens is 288 g/mol. The van der Waals surface area contributed by atoms with Crippen LogP contribution in [0.4, 0.5) is 0 Å². The molecule has 0 aliphatic carbocycles. The number of halogens is 1. The van der Waals surface area contributed by atoms with Gasteiger partial charge in [0.25, 0.3) is 5.91 Å². The molecular formula is C15H17ClN4O. The van der Waals surface area contributed by atoms with Gasteiger partial charge in [-0.05, 0) is 28.8 Å². The van der Waals surface area contributed by atoms with Crippen molar-refractivity contribution >= 4 is 24.3 Å². The van der Waals surface area contributed by atoms with Crippen molar-refractivity contribution in [3.63, 3.8) is 0 Å². The minimum absolute atomic E-state index is 0. The van der Waals surface area contributed by atoms with Crippen molar-refractivity contribution in [3.8, 4) is 11.1 Å². The van der Waals surface area contributed by atoms with Crippen molar-refractivity contribution < 1.29 is 4.79 Å². The average Bonchev–Trinajstić information content (AvgIpc) is 2.46. The molecule has 0 aliphatic heterocycles. The zero-order valence-corrected chi connectivity index (χ0v) is 12.1. The van der Waals surface area contributed by atoms with E-state index in [1.807, 2.05) is 30.3 Å².